The van der Waals surface area contributed by atoms with Crippen molar-refractivity contribution >= 4 is 32.7 Å². The van der Waals surface area contributed by atoms with E-state index in [0.29, 0.717) is 29.0 Å². The first-order valence-electron chi connectivity index (χ1n) is 6.97. The second-order valence-electron chi connectivity index (χ2n) is 5.35. The summed E-state index contributed by atoms with van der Waals surface area (Å²) in [4.78, 5) is 5.36. The molecule has 0 amide bonds. The number of sulfonamides is 1. The Hall–Kier alpha value is -1.55. The van der Waals surface area contributed by atoms with Gasteiger partial charge in [-0.1, -0.05) is 5.16 Å². The number of nitrogens with zero attached hydrogens (tertiary/aromatic N) is 3. The summed E-state index contributed by atoms with van der Waals surface area (Å²) in [6.07, 6.45) is 0. The number of hydrogen-bond donors (Lipinski definition) is 0. The molecule has 4 rings (SSSR count). The molecule has 23 heavy (non-hydrogen) atoms. The molecular formula is C14H13N3O3S3. The largest absolute Gasteiger partial charge is 0.339 e. The average Bonchev–Trinajstić information content (AvgIpc) is 3.16. The highest BCUT2D eigenvalue weighted by molar-refractivity contribution is 7.91. The molecule has 0 unspecified atom stereocenters. The summed E-state index contributed by atoms with van der Waals surface area (Å²) in [5.41, 5.74) is 0.919. The zero-order valence-electron chi connectivity index (χ0n) is 12.2. The number of thiophene rings is 2. The maximum absolute atomic E-state index is 12.5. The van der Waals surface area contributed by atoms with Crippen molar-refractivity contribution in [2.75, 3.05) is 13.1 Å². The first-order valence-corrected chi connectivity index (χ1v) is 10.2. The Morgan fingerprint density at radius 3 is 2.78 bits per heavy atom. The van der Waals surface area contributed by atoms with Crippen LogP contribution in [0.3, 0.4) is 0 Å². The molecule has 4 heterocycles. The highest BCUT2D eigenvalue weighted by atomic mass is 32.2. The van der Waals surface area contributed by atoms with Gasteiger partial charge in [-0.25, -0.2) is 8.42 Å². The standard InChI is InChI=1S/C14H13N3O3S3/c1-9-2-3-12(22-9)23(18,19)17-6-11(7-17)14-15-13(16-20-14)10-4-5-21-8-10/h2-5,8,11H,6-7H2,1H3. The van der Waals surface area contributed by atoms with Crippen molar-refractivity contribution in [3.63, 3.8) is 0 Å². The first-order chi connectivity index (χ1) is 11.0. The maximum atomic E-state index is 12.5. The summed E-state index contributed by atoms with van der Waals surface area (Å²) in [6.45, 7) is 2.65. The number of aromatic nitrogens is 2. The summed E-state index contributed by atoms with van der Waals surface area (Å²) in [6, 6.07) is 5.40. The molecule has 1 fully saturated rings. The van der Waals surface area contributed by atoms with Crippen molar-refractivity contribution in [1.82, 2.24) is 14.4 Å². The number of hydrogen-bond acceptors (Lipinski definition) is 7. The topological polar surface area (TPSA) is 76.3 Å². The van der Waals surface area contributed by atoms with E-state index in [2.05, 4.69) is 10.1 Å². The van der Waals surface area contributed by atoms with E-state index >= 15 is 0 Å². The second kappa shape index (κ2) is 5.52. The molecule has 0 N–H and O–H groups in total. The lowest BCUT2D eigenvalue weighted by atomic mass is 10.0. The van der Waals surface area contributed by atoms with E-state index in [0.717, 1.165) is 10.4 Å². The van der Waals surface area contributed by atoms with Gasteiger partial charge in [0.15, 0.2) is 0 Å². The van der Waals surface area contributed by atoms with Crippen molar-refractivity contribution in [3.05, 3.63) is 39.7 Å². The maximum Gasteiger partial charge on any atom is 0.252 e. The van der Waals surface area contributed by atoms with Crippen LogP contribution in [0.2, 0.25) is 0 Å². The molecule has 0 aromatic carbocycles. The van der Waals surface area contributed by atoms with E-state index in [1.54, 1.807) is 17.4 Å². The Balaban J connectivity index is 1.47. The van der Waals surface area contributed by atoms with Crippen LogP contribution < -0.4 is 0 Å². The average molecular weight is 367 g/mol. The SMILES string of the molecule is Cc1ccc(S(=O)(=O)N2CC(c3nc(-c4ccsc4)no3)C2)s1. The minimum atomic E-state index is -3.40. The van der Waals surface area contributed by atoms with Gasteiger partial charge in [0, 0.05) is 28.9 Å². The fourth-order valence-corrected chi connectivity index (χ4v) is 5.98. The van der Waals surface area contributed by atoms with Gasteiger partial charge in [0.2, 0.25) is 11.7 Å². The molecule has 3 aromatic rings. The van der Waals surface area contributed by atoms with E-state index < -0.39 is 10.0 Å². The third-order valence-corrected chi connectivity index (χ3v) is 7.71. The summed E-state index contributed by atoms with van der Waals surface area (Å²) in [7, 11) is -3.40. The predicted octanol–water partition coefficient (Wildman–Crippen LogP) is 2.96. The van der Waals surface area contributed by atoms with Gasteiger partial charge in [0.1, 0.15) is 4.21 Å². The lowest BCUT2D eigenvalue weighted by molar-refractivity contribution is 0.217. The zero-order chi connectivity index (χ0) is 16.0. The van der Waals surface area contributed by atoms with Crippen LogP contribution in [0.1, 0.15) is 16.7 Å². The van der Waals surface area contributed by atoms with Gasteiger partial charge in [-0.2, -0.15) is 20.6 Å². The molecule has 0 aliphatic carbocycles. The lowest BCUT2D eigenvalue weighted by Crippen LogP contribution is -2.48. The minimum Gasteiger partial charge on any atom is -0.339 e. The van der Waals surface area contributed by atoms with Gasteiger partial charge in [-0.15, -0.1) is 11.3 Å². The van der Waals surface area contributed by atoms with E-state index in [1.807, 2.05) is 29.8 Å². The van der Waals surface area contributed by atoms with E-state index in [1.165, 1.54) is 15.6 Å². The summed E-state index contributed by atoms with van der Waals surface area (Å²) < 4.78 is 32.1. The smallest absolute Gasteiger partial charge is 0.252 e. The van der Waals surface area contributed by atoms with E-state index in [-0.39, 0.29) is 5.92 Å². The molecule has 1 aliphatic heterocycles. The van der Waals surface area contributed by atoms with Crippen molar-refractivity contribution in [2.45, 2.75) is 17.1 Å². The van der Waals surface area contributed by atoms with Crippen LogP contribution >= 0.6 is 22.7 Å². The Morgan fingerprint density at radius 2 is 2.13 bits per heavy atom. The van der Waals surface area contributed by atoms with Crippen LogP contribution in [0.5, 0.6) is 0 Å². The molecule has 3 aromatic heterocycles. The second-order valence-corrected chi connectivity index (χ2v) is 9.58. The fourth-order valence-electron chi connectivity index (χ4n) is 2.38. The van der Waals surface area contributed by atoms with Crippen molar-refractivity contribution in [2.24, 2.45) is 0 Å². The Kier molecular flexibility index (Phi) is 3.60. The van der Waals surface area contributed by atoms with E-state index in [9.17, 15) is 8.42 Å². The minimum absolute atomic E-state index is 0.0364. The number of rotatable bonds is 4. The van der Waals surface area contributed by atoms with Crippen LogP contribution in [0, 0.1) is 6.92 Å². The van der Waals surface area contributed by atoms with Crippen LogP contribution in [-0.2, 0) is 10.0 Å². The molecule has 0 bridgehead atoms. The van der Waals surface area contributed by atoms with Gasteiger partial charge >= 0.3 is 0 Å². The molecule has 120 valence electrons. The lowest BCUT2D eigenvalue weighted by Gasteiger charge is -2.35. The monoisotopic (exact) mass is 367 g/mol. The molecule has 0 saturated carbocycles. The third kappa shape index (κ3) is 2.63. The zero-order valence-corrected chi connectivity index (χ0v) is 14.6. The summed E-state index contributed by atoms with van der Waals surface area (Å²) >= 11 is 2.86. The summed E-state index contributed by atoms with van der Waals surface area (Å²) in [5, 5.41) is 7.87. The van der Waals surface area contributed by atoms with Crippen molar-refractivity contribution in [3.8, 4) is 11.4 Å². The molecule has 0 atom stereocenters. The van der Waals surface area contributed by atoms with Crippen molar-refractivity contribution in [1.29, 1.82) is 0 Å². The van der Waals surface area contributed by atoms with E-state index in [4.69, 9.17) is 4.52 Å². The quantitative estimate of drug-likeness (QED) is 0.708. The van der Waals surface area contributed by atoms with Gasteiger partial charge in [-0.3, -0.25) is 0 Å². The Labute approximate surface area is 141 Å². The van der Waals surface area contributed by atoms with Gasteiger partial charge in [0.05, 0.1) is 5.92 Å². The molecule has 1 saturated heterocycles. The van der Waals surface area contributed by atoms with Crippen LogP contribution in [-0.4, -0.2) is 36.0 Å². The molecule has 6 nitrogen and oxygen atoms in total. The van der Waals surface area contributed by atoms with Crippen LogP contribution in [0.25, 0.3) is 11.4 Å². The van der Waals surface area contributed by atoms with Gasteiger partial charge < -0.3 is 4.52 Å². The first kappa shape index (κ1) is 15.0. The fraction of sp³-hybridized carbons (Fsp3) is 0.286. The molecule has 0 radical (unpaired) electrons. The summed E-state index contributed by atoms with van der Waals surface area (Å²) in [5.74, 6) is 1.02. The normalized spacial score (nSPS) is 16.6. The van der Waals surface area contributed by atoms with Gasteiger partial charge in [-0.05, 0) is 30.5 Å². The number of aryl methyl sites for hydroxylation is 1. The predicted molar refractivity (Wildman–Crippen MR) is 88.2 cm³/mol. The highest BCUT2D eigenvalue weighted by Gasteiger charge is 2.40. The molecule has 1 aliphatic rings. The molecular weight excluding hydrogens is 354 g/mol. The van der Waals surface area contributed by atoms with Crippen LogP contribution in [0.15, 0.2) is 37.7 Å². The van der Waals surface area contributed by atoms with Crippen LogP contribution in [0.4, 0.5) is 0 Å². The highest BCUT2D eigenvalue weighted by Crippen LogP contribution is 2.34. The molecule has 0 spiro atoms. The Morgan fingerprint density at radius 1 is 1.30 bits per heavy atom. The third-order valence-electron chi connectivity index (χ3n) is 3.73. The van der Waals surface area contributed by atoms with Gasteiger partial charge in [0.25, 0.3) is 10.0 Å². The Bertz CT molecular complexity index is 922. The molecule has 9 heteroatoms. The van der Waals surface area contributed by atoms with Crippen molar-refractivity contribution < 1.29 is 12.9 Å².